The van der Waals surface area contributed by atoms with E-state index >= 15 is 0 Å². The molecule has 9 nitrogen and oxygen atoms in total. The number of aliphatic hydroxyl groups excluding tert-OH is 2. The summed E-state index contributed by atoms with van der Waals surface area (Å²) in [5, 5.41) is 38.6. The van der Waals surface area contributed by atoms with Gasteiger partial charge in [-0.1, -0.05) is 17.4 Å². The Bertz CT molecular complexity index is 879. The van der Waals surface area contributed by atoms with Crippen molar-refractivity contribution in [2.45, 2.75) is 44.6 Å². The summed E-state index contributed by atoms with van der Waals surface area (Å²) in [7, 11) is 1.45. The van der Waals surface area contributed by atoms with Gasteiger partial charge in [-0.3, -0.25) is 0 Å². The van der Waals surface area contributed by atoms with Gasteiger partial charge in [-0.25, -0.2) is 9.48 Å². The van der Waals surface area contributed by atoms with Crippen LogP contribution < -0.4 is 4.74 Å². The van der Waals surface area contributed by atoms with Gasteiger partial charge < -0.3 is 24.8 Å². The third-order valence-electron chi connectivity index (χ3n) is 4.45. The molecule has 2 bridgehead atoms. The number of cyclic esters (lactones) is 1. The zero-order valence-corrected chi connectivity index (χ0v) is 15.6. The Morgan fingerprint density at radius 1 is 1.29 bits per heavy atom. The first-order valence-corrected chi connectivity index (χ1v) is 8.91. The van der Waals surface area contributed by atoms with Crippen LogP contribution in [0.15, 0.2) is 24.4 Å². The third-order valence-corrected chi connectivity index (χ3v) is 4.45. The molecule has 1 aliphatic rings. The second kappa shape index (κ2) is 8.41. The van der Waals surface area contributed by atoms with Crippen molar-refractivity contribution in [1.82, 2.24) is 15.0 Å². The van der Waals surface area contributed by atoms with E-state index in [-0.39, 0.29) is 24.3 Å². The summed E-state index contributed by atoms with van der Waals surface area (Å²) in [5.41, 5.74) is 0.960. The first-order valence-electron chi connectivity index (χ1n) is 8.91. The molecule has 0 amide bonds. The van der Waals surface area contributed by atoms with Crippen molar-refractivity contribution in [2.24, 2.45) is 0 Å². The van der Waals surface area contributed by atoms with Gasteiger partial charge in [0.1, 0.15) is 23.2 Å². The molecular weight excluding hydrogens is 366 g/mol. The fourth-order valence-corrected chi connectivity index (χ4v) is 3.00. The average molecular weight is 389 g/mol. The van der Waals surface area contributed by atoms with Crippen LogP contribution in [0.1, 0.15) is 35.0 Å². The summed E-state index contributed by atoms with van der Waals surface area (Å²) in [4.78, 5) is 12.7. The fourth-order valence-electron chi connectivity index (χ4n) is 3.00. The number of esters is 1. The topological polar surface area (TPSA) is 127 Å². The highest BCUT2D eigenvalue weighted by Crippen LogP contribution is 2.30. The molecule has 0 radical (unpaired) electrons. The molecule has 2 heterocycles. The predicted molar refractivity (Wildman–Crippen MR) is 98.9 cm³/mol. The zero-order valence-electron chi connectivity index (χ0n) is 15.6. The molecule has 3 atom stereocenters. The van der Waals surface area contributed by atoms with Gasteiger partial charge in [0, 0.05) is 18.7 Å². The summed E-state index contributed by atoms with van der Waals surface area (Å²) in [6, 6.07) is 2.92. The lowest BCUT2D eigenvalue weighted by Gasteiger charge is -2.16. The fraction of sp³-hybridized carbons (Fsp3) is 0.421. The molecule has 1 aliphatic heterocycles. The van der Waals surface area contributed by atoms with E-state index in [1.165, 1.54) is 17.9 Å². The van der Waals surface area contributed by atoms with E-state index in [1.54, 1.807) is 31.3 Å². The number of carbonyl (C=O) groups excluding carboxylic acids is 1. The van der Waals surface area contributed by atoms with Crippen molar-refractivity contribution in [1.29, 1.82) is 0 Å². The molecule has 0 fully saturated rings. The molecule has 1 aromatic heterocycles. The van der Waals surface area contributed by atoms with E-state index in [0.29, 0.717) is 23.4 Å². The Hall–Kier alpha value is -2.91. The first-order chi connectivity index (χ1) is 13.4. The van der Waals surface area contributed by atoms with Crippen LogP contribution in [0.2, 0.25) is 0 Å². The number of aromatic nitrogens is 3. The second-order valence-electron chi connectivity index (χ2n) is 6.74. The third kappa shape index (κ3) is 4.49. The lowest BCUT2D eigenvalue weighted by molar-refractivity contribution is 0.00928. The number of nitrogens with zero attached hydrogens (tertiary/aromatic N) is 3. The van der Waals surface area contributed by atoms with Gasteiger partial charge in [0.25, 0.3) is 0 Å². The number of phenolic OH excluding ortho intramolecular Hbond substituents is 1. The minimum absolute atomic E-state index is 0.00235. The van der Waals surface area contributed by atoms with Gasteiger partial charge in [0.05, 0.1) is 31.6 Å². The maximum Gasteiger partial charge on any atom is 0.342 e. The Kier molecular flexibility index (Phi) is 5.96. The largest absolute Gasteiger partial charge is 0.507 e. The van der Waals surface area contributed by atoms with E-state index in [0.717, 1.165) is 0 Å². The number of hydrogen-bond donors (Lipinski definition) is 3. The number of rotatable bonds is 1. The number of hydrogen-bond acceptors (Lipinski definition) is 8. The SMILES string of the molecule is COc1cc(O)c2c(c1)/C=C/C[C@H](O)[C@H](O)Cn1cc(nn1)C[C@H](C)OC2=O. The molecule has 0 spiro atoms. The van der Waals surface area contributed by atoms with Crippen molar-refractivity contribution < 1.29 is 29.6 Å². The number of phenols is 1. The Labute approximate surface area is 161 Å². The van der Waals surface area contributed by atoms with Gasteiger partial charge in [0.15, 0.2) is 0 Å². The van der Waals surface area contributed by atoms with Crippen molar-refractivity contribution >= 4 is 12.0 Å². The van der Waals surface area contributed by atoms with Crippen molar-refractivity contribution in [3.8, 4) is 11.5 Å². The maximum atomic E-state index is 12.7. The molecule has 0 saturated carbocycles. The number of ether oxygens (including phenoxy) is 2. The predicted octanol–water partition coefficient (Wildman–Crippen LogP) is 0.919. The molecule has 150 valence electrons. The zero-order chi connectivity index (χ0) is 20.3. The highest BCUT2D eigenvalue weighted by Gasteiger charge is 2.23. The summed E-state index contributed by atoms with van der Waals surface area (Å²) < 4.78 is 12.0. The number of methoxy groups -OCH3 is 1. The molecule has 3 rings (SSSR count). The highest BCUT2D eigenvalue weighted by atomic mass is 16.5. The number of aliphatic hydroxyl groups is 2. The summed E-state index contributed by atoms with van der Waals surface area (Å²) in [6.45, 7) is 1.80. The molecular formula is C19H23N3O6. The summed E-state index contributed by atoms with van der Waals surface area (Å²) in [6.07, 6.45) is 2.65. The smallest absolute Gasteiger partial charge is 0.342 e. The van der Waals surface area contributed by atoms with Crippen LogP contribution in [0.5, 0.6) is 11.5 Å². The van der Waals surface area contributed by atoms with Crippen LogP contribution in [-0.4, -0.2) is 61.7 Å². The Morgan fingerprint density at radius 2 is 2.07 bits per heavy atom. The molecule has 0 saturated heterocycles. The molecule has 9 heteroatoms. The molecule has 0 aliphatic carbocycles. The van der Waals surface area contributed by atoms with Gasteiger partial charge in [-0.15, -0.1) is 5.10 Å². The molecule has 0 unspecified atom stereocenters. The van der Waals surface area contributed by atoms with Gasteiger partial charge in [0.2, 0.25) is 0 Å². The Balaban J connectivity index is 1.99. The lowest BCUT2D eigenvalue weighted by Crippen LogP contribution is -2.30. The van der Waals surface area contributed by atoms with E-state index < -0.39 is 24.3 Å². The van der Waals surface area contributed by atoms with E-state index in [4.69, 9.17) is 9.47 Å². The number of fused-ring (bicyclic) bond motifs is 3. The van der Waals surface area contributed by atoms with E-state index in [9.17, 15) is 20.1 Å². The number of carbonyl (C=O) groups is 1. The van der Waals surface area contributed by atoms with Crippen molar-refractivity contribution in [3.63, 3.8) is 0 Å². The van der Waals surface area contributed by atoms with Gasteiger partial charge in [-0.2, -0.15) is 0 Å². The quantitative estimate of drug-likeness (QED) is 0.615. The Morgan fingerprint density at radius 3 is 2.82 bits per heavy atom. The monoisotopic (exact) mass is 389 g/mol. The summed E-state index contributed by atoms with van der Waals surface area (Å²) in [5.74, 6) is -0.585. The molecule has 1 aromatic carbocycles. The lowest BCUT2D eigenvalue weighted by atomic mass is 10.0. The summed E-state index contributed by atoms with van der Waals surface area (Å²) >= 11 is 0. The minimum atomic E-state index is -1.04. The van der Waals surface area contributed by atoms with Crippen LogP contribution in [0.3, 0.4) is 0 Å². The molecule has 2 aromatic rings. The standard InChI is InChI=1S/C19H23N3O6/c1-11-6-13-9-22(21-20-13)10-17(25)15(23)5-3-4-12-7-14(27-2)8-16(24)18(12)19(26)28-11/h3-4,7-9,11,15,17,23-25H,5-6,10H2,1-2H3/b4-3+/t11-,15-,17+/m0/s1. The van der Waals surface area contributed by atoms with E-state index in [1.807, 2.05) is 0 Å². The second-order valence-corrected chi connectivity index (χ2v) is 6.74. The minimum Gasteiger partial charge on any atom is -0.507 e. The highest BCUT2D eigenvalue weighted by molar-refractivity contribution is 5.97. The van der Waals surface area contributed by atoms with Gasteiger partial charge in [-0.05, 0) is 25.0 Å². The van der Waals surface area contributed by atoms with Crippen LogP contribution in [-0.2, 0) is 17.7 Å². The first kappa shape index (κ1) is 19.8. The van der Waals surface area contributed by atoms with Crippen LogP contribution in [0.4, 0.5) is 0 Å². The normalized spacial score (nSPS) is 24.4. The maximum absolute atomic E-state index is 12.7. The van der Waals surface area contributed by atoms with Crippen molar-refractivity contribution in [3.05, 3.63) is 41.2 Å². The number of aromatic hydroxyl groups is 1. The average Bonchev–Trinajstić information content (AvgIpc) is 3.06. The van der Waals surface area contributed by atoms with Crippen LogP contribution in [0, 0.1) is 0 Å². The molecule has 28 heavy (non-hydrogen) atoms. The van der Waals surface area contributed by atoms with Crippen molar-refractivity contribution in [2.75, 3.05) is 7.11 Å². The molecule has 3 N–H and O–H groups in total. The van der Waals surface area contributed by atoms with Crippen LogP contribution >= 0.6 is 0 Å². The van der Waals surface area contributed by atoms with Crippen LogP contribution in [0.25, 0.3) is 6.08 Å². The van der Waals surface area contributed by atoms with Gasteiger partial charge >= 0.3 is 5.97 Å². The number of benzene rings is 1. The van der Waals surface area contributed by atoms with E-state index in [2.05, 4.69) is 10.3 Å².